The van der Waals surface area contributed by atoms with Gasteiger partial charge < -0.3 is 5.32 Å². The van der Waals surface area contributed by atoms with Crippen molar-refractivity contribution in [3.63, 3.8) is 0 Å². The lowest BCUT2D eigenvalue weighted by Gasteiger charge is -2.12. The van der Waals surface area contributed by atoms with E-state index in [0.717, 1.165) is 0 Å². The van der Waals surface area contributed by atoms with Gasteiger partial charge in [0.2, 0.25) is 5.43 Å². The molecule has 0 radical (unpaired) electrons. The van der Waals surface area contributed by atoms with Crippen LogP contribution in [0, 0.1) is 18.6 Å². The molecule has 0 bridgehead atoms. The number of benzene rings is 2. The lowest BCUT2D eigenvalue weighted by molar-refractivity contribution is 0.0942. The number of hydrogen-bond acceptors (Lipinski definition) is 4. The van der Waals surface area contributed by atoms with Crippen molar-refractivity contribution in [2.75, 3.05) is 0 Å². The lowest BCUT2D eigenvalue weighted by atomic mass is 10.0. The second-order valence-corrected chi connectivity index (χ2v) is 7.09. The molecule has 0 fully saturated rings. The highest BCUT2D eigenvalue weighted by Crippen LogP contribution is 2.24. The summed E-state index contributed by atoms with van der Waals surface area (Å²) in [6.45, 7) is 1.23. The number of amides is 1. The van der Waals surface area contributed by atoms with Crippen LogP contribution in [-0.2, 0) is 6.54 Å². The minimum atomic E-state index is -0.835. The molecule has 4 rings (SSSR count). The predicted molar refractivity (Wildman–Crippen MR) is 115 cm³/mol. The van der Waals surface area contributed by atoms with Gasteiger partial charge in [-0.1, -0.05) is 30.3 Å². The summed E-state index contributed by atoms with van der Waals surface area (Å²) in [5.74, 6) is -2.43. The summed E-state index contributed by atoms with van der Waals surface area (Å²) in [6, 6.07) is 15.9. The van der Waals surface area contributed by atoms with Crippen LogP contribution in [0.2, 0.25) is 0 Å². The molecule has 4 aromatic rings. The van der Waals surface area contributed by atoms with Crippen LogP contribution in [0.5, 0.6) is 0 Å². The van der Waals surface area contributed by atoms with Crippen LogP contribution in [-0.4, -0.2) is 20.7 Å². The van der Waals surface area contributed by atoms with Gasteiger partial charge >= 0.3 is 0 Å². The third-order valence-corrected chi connectivity index (χ3v) is 4.89. The van der Waals surface area contributed by atoms with E-state index in [-0.39, 0.29) is 11.3 Å². The number of aryl methyl sites for hydroxylation is 1. The zero-order chi connectivity index (χ0) is 22.7. The minimum absolute atomic E-state index is 0.308. The van der Waals surface area contributed by atoms with Crippen LogP contribution in [0.4, 0.5) is 8.78 Å². The van der Waals surface area contributed by atoms with E-state index in [0.29, 0.717) is 22.5 Å². The molecule has 0 saturated heterocycles. The van der Waals surface area contributed by atoms with Gasteiger partial charge in [0, 0.05) is 30.1 Å². The highest BCUT2D eigenvalue weighted by Gasteiger charge is 2.18. The van der Waals surface area contributed by atoms with Gasteiger partial charge in [0.15, 0.2) is 5.69 Å². The molecule has 32 heavy (non-hydrogen) atoms. The third kappa shape index (κ3) is 4.29. The quantitative estimate of drug-likeness (QED) is 0.520. The molecule has 2 aromatic carbocycles. The first-order chi connectivity index (χ1) is 15.4. The van der Waals surface area contributed by atoms with Crippen molar-refractivity contribution in [3.05, 3.63) is 112 Å². The number of nitrogens with one attached hydrogen (secondary N) is 1. The summed E-state index contributed by atoms with van der Waals surface area (Å²) in [5, 5.41) is 6.50. The summed E-state index contributed by atoms with van der Waals surface area (Å²) < 4.78 is 30.6. The molecule has 1 N–H and O–H groups in total. The number of nitrogens with zero attached hydrogens (tertiary/aromatic N) is 3. The fraction of sp³-hybridized carbons (Fsp3) is 0.0833. The number of carbonyl (C=O) groups is 1. The third-order valence-electron chi connectivity index (χ3n) is 4.89. The van der Waals surface area contributed by atoms with Crippen molar-refractivity contribution >= 4 is 5.91 Å². The van der Waals surface area contributed by atoms with E-state index >= 15 is 0 Å². The Bertz CT molecular complexity index is 1320. The monoisotopic (exact) mass is 432 g/mol. The molecule has 0 aliphatic heterocycles. The Morgan fingerprint density at radius 2 is 1.72 bits per heavy atom. The maximum absolute atomic E-state index is 14.6. The molecule has 0 aliphatic rings. The van der Waals surface area contributed by atoms with E-state index in [1.165, 1.54) is 29.1 Å². The van der Waals surface area contributed by atoms with Crippen molar-refractivity contribution in [2.24, 2.45) is 0 Å². The Morgan fingerprint density at radius 1 is 1.00 bits per heavy atom. The van der Waals surface area contributed by atoms with Gasteiger partial charge in [-0.25, -0.2) is 13.5 Å². The van der Waals surface area contributed by atoms with Crippen molar-refractivity contribution in [1.82, 2.24) is 20.1 Å². The smallest absolute Gasteiger partial charge is 0.276 e. The molecule has 0 atom stereocenters. The summed E-state index contributed by atoms with van der Waals surface area (Å²) in [6.07, 6.45) is 3.12. The van der Waals surface area contributed by atoms with Crippen molar-refractivity contribution in [3.8, 4) is 16.8 Å². The average Bonchev–Trinajstić information content (AvgIpc) is 2.79. The van der Waals surface area contributed by atoms with Crippen molar-refractivity contribution in [1.29, 1.82) is 0 Å². The molecule has 2 aromatic heterocycles. The Morgan fingerprint density at radius 3 is 2.38 bits per heavy atom. The summed E-state index contributed by atoms with van der Waals surface area (Å²) in [5.41, 5.74) is 0.830. The topological polar surface area (TPSA) is 76.9 Å². The number of pyridine rings is 1. The number of carbonyl (C=O) groups excluding carboxylic acids is 1. The molecule has 0 aliphatic carbocycles. The highest BCUT2D eigenvalue weighted by molar-refractivity contribution is 5.92. The minimum Gasteiger partial charge on any atom is -0.346 e. The zero-order valence-electron chi connectivity index (χ0n) is 17.0. The standard InChI is InChI=1S/C24H18F2N4O2/c1-15-10-22(31)23(29-30(15)18-8-5-9-27-13-18)24(32)28-14-19-20(25)11-17(12-21(19)26)16-6-3-2-4-7-16/h2-13H,14H2,1H3,(H,28,32). The van der Waals surface area contributed by atoms with Gasteiger partial charge in [-0.15, -0.1) is 0 Å². The molecule has 8 heteroatoms. The Kier molecular flexibility index (Phi) is 5.85. The van der Waals surface area contributed by atoms with Gasteiger partial charge in [-0.2, -0.15) is 5.10 Å². The van der Waals surface area contributed by atoms with Crippen LogP contribution < -0.4 is 10.7 Å². The average molecular weight is 432 g/mol. The van der Waals surface area contributed by atoms with E-state index in [1.807, 2.05) is 6.07 Å². The Balaban J connectivity index is 1.58. The first kappa shape index (κ1) is 21.0. The Labute approximate surface area is 182 Å². The summed E-state index contributed by atoms with van der Waals surface area (Å²) in [4.78, 5) is 28.9. The van der Waals surface area contributed by atoms with E-state index in [9.17, 15) is 18.4 Å². The molecule has 6 nitrogen and oxygen atoms in total. The first-order valence-corrected chi connectivity index (χ1v) is 9.77. The molecular weight excluding hydrogens is 414 g/mol. The van der Waals surface area contributed by atoms with E-state index < -0.39 is 29.5 Å². The highest BCUT2D eigenvalue weighted by atomic mass is 19.1. The fourth-order valence-electron chi connectivity index (χ4n) is 3.27. The largest absolute Gasteiger partial charge is 0.346 e. The van der Waals surface area contributed by atoms with Gasteiger partial charge in [0.25, 0.3) is 5.91 Å². The van der Waals surface area contributed by atoms with Crippen molar-refractivity contribution in [2.45, 2.75) is 13.5 Å². The molecule has 0 unspecified atom stereocenters. The van der Waals surface area contributed by atoms with Gasteiger partial charge in [0.1, 0.15) is 11.6 Å². The molecule has 1 amide bonds. The predicted octanol–water partition coefficient (Wildman–Crippen LogP) is 3.81. The van der Waals surface area contributed by atoms with E-state index in [4.69, 9.17) is 0 Å². The Hall–Kier alpha value is -4.20. The molecule has 160 valence electrons. The SMILES string of the molecule is Cc1cc(=O)c(C(=O)NCc2c(F)cc(-c3ccccc3)cc2F)nn1-c1cccnc1. The summed E-state index contributed by atoms with van der Waals surface area (Å²) >= 11 is 0. The fourth-order valence-corrected chi connectivity index (χ4v) is 3.27. The molecule has 2 heterocycles. The second-order valence-electron chi connectivity index (χ2n) is 7.09. The van der Waals surface area contributed by atoms with Crippen LogP contribution >= 0.6 is 0 Å². The normalized spacial score (nSPS) is 10.7. The molecule has 0 saturated carbocycles. The number of halogens is 2. The molecular formula is C24H18F2N4O2. The summed E-state index contributed by atoms with van der Waals surface area (Å²) in [7, 11) is 0. The number of hydrogen-bond donors (Lipinski definition) is 1. The van der Waals surface area contributed by atoms with Gasteiger partial charge in [-0.3, -0.25) is 14.6 Å². The van der Waals surface area contributed by atoms with Gasteiger partial charge in [-0.05, 0) is 42.3 Å². The van der Waals surface area contributed by atoms with Crippen molar-refractivity contribution < 1.29 is 13.6 Å². The zero-order valence-corrected chi connectivity index (χ0v) is 17.0. The number of aromatic nitrogens is 3. The van der Waals surface area contributed by atoms with E-state index in [1.54, 1.807) is 49.5 Å². The molecule has 0 spiro atoms. The second kappa shape index (κ2) is 8.89. The first-order valence-electron chi connectivity index (χ1n) is 9.77. The van der Waals surface area contributed by atoms with E-state index in [2.05, 4.69) is 15.4 Å². The maximum atomic E-state index is 14.6. The van der Waals surface area contributed by atoms with Crippen LogP contribution in [0.15, 0.2) is 77.9 Å². The van der Waals surface area contributed by atoms with Crippen LogP contribution in [0.3, 0.4) is 0 Å². The lowest BCUT2D eigenvalue weighted by Crippen LogP contribution is -2.32. The number of rotatable bonds is 5. The van der Waals surface area contributed by atoms with Crippen LogP contribution in [0.1, 0.15) is 21.7 Å². The van der Waals surface area contributed by atoms with Crippen LogP contribution in [0.25, 0.3) is 16.8 Å². The maximum Gasteiger partial charge on any atom is 0.276 e. The van der Waals surface area contributed by atoms with Gasteiger partial charge in [0.05, 0.1) is 11.9 Å².